The van der Waals surface area contributed by atoms with E-state index < -0.39 is 5.97 Å². The Morgan fingerprint density at radius 1 is 1.29 bits per heavy atom. The number of esters is 1. The lowest BCUT2D eigenvalue weighted by Gasteiger charge is -2.12. The molecule has 1 aromatic heterocycles. The van der Waals surface area contributed by atoms with Gasteiger partial charge in [0, 0.05) is 11.4 Å². The number of aromatic hydroxyl groups is 1. The van der Waals surface area contributed by atoms with Crippen molar-refractivity contribution in [1.29, 1.82) is 0 Å². The van der Waals surface area contributed by atoms with Crippen molar-refractivity contribution in [1.82, 2.24) is 4.98 Å². The molecule has 2 aromatic rings. The van der Waals surface area contributed by atoms with Gasteiger partial charge in [-0.25, -0.2) is 4.79 Å². The number of nitrogens with one attached hydrogen (secondary N) is 1. The first-order chi connectivity index (χ1) is 10.0. The highest BCUT2D eigenvalue weighted by Crippen LogP contribution is 2.21. The Labute approximate surface area is 123 Å². The van der Waals surface area contributed by atoms with Crippen molar-refractivity contribution in [3.63, 3.8) is 0 Å². The molecule has 2 N–H and O–H groups in total. The number of methoxy groups -OCH3 is 1. The van der Waals surface area contributed by atoms with Crippen LogP contribution in [0.4, 0.5) is 5.69 Å². The summed E-state index contributed by atoms with van der Waals surface area (Å²) in [6, 6.07) is 8.82. The number of hydrogen-bond donors (Lipinski definition) is 2. The molecule has 0 fully saturated rings. The average Bonchev–Trinajstić information content (AvgIpc) is 2.48. The zero-order valence-corrected chi connectivity index (χ0v) is 12.3. The van der Waals surface area contributed by atoms with Gasteiger partial charge in [-0.05, 0) is 38.1 Å². The largest absolute Gasteiger partial charge is 0.506 e. The van der Waals surface area contributed by atoms with E-state index in [0.29, 0.717) is 23.5 Å². The molecule has 1 aromatic carbocycles. The minimum Gasteiger partial charge on any atom is -0.506 e. The molecule has 5 heteroatoms. The Bertz CT molecular complexity index is 669. The zero-order valence-electron chi connectivity index (χ0n) is 12.3. The van der Waals surface area contributed by atoms with Crippen molar-refractivity contribution in [2.45, 2.75) is 20.4 Å². The van der Waals surface area contributed by atoms with E-state index in [0.717, 1.165) is 11.3 Å². The first-order valence-corrected chi connectivity index (χ1v) is 6.59. The Morgan fingerprint density at radius 3 is 2.76 bits per heavy atom. The van der Waals surface area contributed by atoms with Crippen LogP contribution in [-0.2, 0) is 11.3 Å². The van der Waals surface area contributed by atoms with Crippen LogP contribution >= 0.6 is 0 Å². The second kappa shape index (κ2) is 6.26. The van der Waals surface area contributed by atoms with E-state index in [1.165, 1.54) is 7.11 Å². The third-order valence-electron chi connectivity index (χ3n) is 3.12. The summed E-state index contributed by atoms with van der Waals surface area (Å²) in [5.74, 6) is -0.276. The van der Waals surface area contributed by atoms with Crippen molar-refractivity contribution < 1.29 is 14.6 Å². The molecular weight excluding hydrogens is 268 g/mol. The highest BCUT2D eigenvalue weighted by Gasteiger charge is 2.12. The lowest BCUT2D eigenvalue weighted by molar-refractivity contribution is 0.0601. The molecule has 0 amide bonds. The van der Waals surface area contributed by atoms with Gasteiger partial charge < -0.3 is 15.2 Å². The van der Waals surface area contributed by atoms with Crippen LogP contribution in [0.25, 0.3) is 0 Å². The Kier molecular flexibility index (Phi) is 4.42. The van der Waals surface area contributed by atoms with Crippen molar-refractivity contribution in [2.24, 2.45) is 0 Å². The number of nitrogens with zero attached hydrogens (tertiary/aromatic N) is 1. The first-order valence-electron chi connectivity index (χ1n) is 6.59. The Balaban J connectivity index is 2.24. The average molecular weight is 286 g/mol. The third kappa shape index (κ3) is 3.51. The highest BCUT2D eigenvalue weighted by atomic mass is 16.5. The summed E-state index contributed by atoms with van der Waals surface area (Å²) in [4.78, 5) is 16.1. The molecule has 21 heavy (non-hydrogen) atoms. The quantitative estimate of drug-likeness (QED) is 0.846. The Hall–Kier alpha value is -2.56. The molecule has 2 rings (SSSR count). The molecule has 0 saturated carbocycles. The van der Waals surface area contributed by atoms with Crippen LogP contribution in [-0.4, -0.2) is 23.2 Å². The molecule has 110 valence electrons. The molecule has 0 saturated heterocycles. The molecule has 1 heterocycles. The van der Waals surface area contributed by atoms with Gasteiger partial charge in [-0.3, -0.25) is 4.98 Å². The maximum Gasteiger partial charge on any atom is 0.339 e. The van der Waals surface area contributed by atoms with Crippen LogP contribution in [0.15, 0.2) is 30.3 Å². The van der Waals surface area contributed by atoms with Gasteiger partial charge >= 0.3 is 5.97 Å². The Morgan fingerprint density at radius 2 is 2.05 bits per heavy atom. The maximum atomic E-state index is 11.8. The number of carbonyl (C=O) groups excluding carboxylic acids is 1. The van der Waals surface area contributed by atoms with Gasteiger partial charge in [0.2, 0.25) is 0 Å². The van der Waals surface area contributed by atoms with Gasteiger partial charge in [-0.2, -0.15) is 0 Å². The smallest absolute Gasteiger partial charge is 0.339 e. The SMILES string of the molecule is COC(=O)c1cc(C)ccc1NCc1nc(C)ccc1O. The van der Waals surface area contributed by atoms with E-state index >= 15 is 0 Å². The van der Waals surface area contributed by atoms with Crippen LogP contribution in [0.5, 0.6) is 5.75 Å². The minimum atomic E-state index is -0.400. The molecular formula is C16H18N2O3. The summed E-state index contributed by atoms with van der Waals surface area (Å²) in [6.45, 7) is 4.08. The van der Waals surface area contributed by atoms with Gasteiger partial charge in [0.05, 0.1) is 19.2 Å². The molecule has 0 spiro atoms. The lowest BCUT2D eigenvalue weighted by atomic mass is 10.1. The first kappa shape index (κ1) is 14.8. The lowest BCUT2D eigenvalue weighted by Crippen LogP contribution is -2.09. The molecule has 0 aliphatic carbocycles. The number of anilines is 1. The van der Waals surface area contributed by atoms with Crippen molar-refractivity contribution >= 4 is 11.7 Å². The third-order valence-corrected chi connectivity index (χ3v) is 3.12. The number of rotatable bonds is 4. The summed E-state index contributed by atoms with van der Waals surface area (Å²) in [5, 5.41) is 12.9. The van der Waals surface area contributed by atoms with Crippen molar-refractivity contribution in [3.8, 4) is 5.75 Å². The number of aromatic nitrogens is 1. The topological polar surface area (TPSA) is 71.5 Å². The van der Waals surface area contributed by atoms with Crippen LogP contribution in [0, 0.1) is 13.8 Å². The number of aryl methyl sites for hydroxylation is 2. The molecule has 0 radical (unpaired) electrons. The molecule has 0 aliphatic rings. The molecule has 0 aliphatic heterocycles. The standard InChI is InChI=1S/C16H18N2O3/c1-10-4-6-13(12(8-10)16(20)21-3)17-9-14-15(19)7-5-11(2)18-14/h4-8,17,19H,9H2,1-3H3. The van der Waals surface area contributed by atoms with E-state index in [1.807, 2.05) is 26.0 Å². The summed E-state index contributed by atoms with van der Waals surface area (Å²) < 4.78 is 4.78. The molecule has 0 atom stereocenters. The second-order valence-corrected chi connectivity index (χ2v) is 4.81. The molecule has 0 unspecified atom stereocenters. The van der Waals surface area contributed by atoms with Gasteiger partial charge in [-0.15, -0.1) is 0 Å². The van der Waals surface area contributed by atoms with E-state index in [9.17, 15) is 9.90 Å². The minimum absolute atomic E-state index is 0.125. The fourth-order valence-corrected chi connectivity index (χ4v) is 2.00. The fraction of sp³-hybridized carbons (Fsp3) is 0.250. The van der Waals surface area contributed by atoms with Gasteiger partial charge in [0.25, 0.3) is 0 Å². The normalized spacial score (nSPS) is 10.2. The number of ether oxygens (including phenoxy) is 1. The summed E-state index contributed by atoms with van der Waals surface area (Å²) in [7, 11) is 1.35. The van der Waals surface area contributed by atoms with Crippen molar-refractivity contribution in [2.75, 3.05) is 12.4 Å². The van der Waals surface area contributed by atoms with Crippen molar-refractivity contribution in [3.05, 3.63) is 52.8 Å². The van der Waals surface area contributed by atoms with Crippen LogP contribution in [0.3, 0.4) is 0 Å². The number of hydrogen-bond acceptors (Lipinski definition) is 5. The summed E-state index contributed by atoms with van der Waals surface area (Å²) >= 11 is 0. The van der Waals surface area contributed by atoms with Crippen LogP contribution in [0.1, 0.15) is 27.3 Å². The van der Waals surface area contributed by atoms with Crippen LogP contribution in [0.2, 0.25) is 0 Å². The van der Waals surface area contributed by atoms with E-state index in [4.69, 9.17) is 4.74 Å². The second-order valence-electron chi connectivity index (χ2n) is 4.81. The molecule has 0 bridgehead atoms. The molecule has 5 nitrogen and oxygen atoms in total. The highest BCUT2D eigenvalue weighted by molar-refractivity contribution is 5.95. The van der Waals surface area contributed by atoms with E-state index in [1.54, 1.807) is 18.2 Å². The summed E-state index contributed by atoms with van der Waals surface area (Å²) in [5.41, 5.74) is 3.44. The zero-order chi connectivity index (χ0) is 15.4. The predicted octanol–water partition coefficient (Wildman–Crippen LogP) is 2.80. The van der Waals surface area contributed by atoms with Gasteiger partial charge in [0.15, 0.2) is 0 Å². The van der Waals surface area contributed by atoms with Gasteiger partial charge in [0.1, 0.15) is 11.4 Å². The monoisotopic (exact) mass is 286 g/mol. The summed E-state index contributed by atoms with van der Waals surface area (Å²) in [6.07, 6.45) is 0. The van der Waals surface area contributed by atoms with E-state index in [2.05, 4.69) is 10.3 Å². The predicted molar refractivity (Wildman–Crippen MR) is 80.5 cm³/mol. The number of carbonyl (C=O) groups is 1. The van der Waals surface area contributed by atoms with E-state index in [-0.39, 0.29) is 5.75 Å². The fourth-order valence-electron chi connectivity index (χ4n) is 2.00. The van der Waals surface area contributed by atoms with Gasteiger partial charge in [-0.1, -0.05) is 11.6 Å². The van der Waals surface area contributed by atoms with Crippen LogP contribution < -0.4 is 5.32 Å². The number of pyridine rings is 1. The maximum absolute atomic E-state index is 11.8. The number of benzene rings is 1.